The van der Waals surface area contributed by atoms with Gasteiger partial charge in [-0.2, -0.15) is 0 Å². The average Bonchev–Trinajstić information content (AvgIpc) is 2.54. The van der Waals surface area contributed by atoms with E-state index in [1.807, 2.05) is 0 Å². The molecule has 0 amide bonds. The Morgan fingerprint density at radius 3 is 1.68 bits per heavy atom. The smallest absolute Gasteiger partial charge is 0.0596 e. The fourth-order valence-electron chi connectivity index (χ4n) is 3.93. The summed E-state index contributed by atoms with van der Waals surface area (Å²) in [5.74, 6) is 1.93. The van der Waals surface area contributed by atoms with Gasteiger partial charge in [0.05, 0.1) is 19.3 Å². The molecule has 0 saturated carbocycles. The quantitative estimate of drug-likeness (QED) is 0.687. The van der Waals surface area contributed by atoms with Crippen LogP contribution in [0.3, 0.4) is 0 Å². The van der Waals surface area contributed by atoms with Crippen molar-refractivity contribution in [3.63, 3.8) is 0 Å². The van der Waals surface area contributed by atoms with Crippen LogP contribution in [-0.2, 0) is 9.47 Å². The number of methoxy groups -OCH3 is 1. The highest BCUT2D eigenvalue weighted by Crippen LogP contribution is 2.32. The lowest BCUT2D eigenvalue weighted by molar-refractivity contribution is 0.0406. The molecule has 0 bridgehead atoms. The third-order valence-electron chi connectivity index (χ3n) is 5.40. The van der Waals surface area contributed by atoms with Gasteiger partial charge in [0, 0.05) is 20.2 Å². The first-order chi connectivity index (χ1) is 10.7. The average molecular weight is 312 g/mol. The van der Waals surface area contributed by atoms with Gasteiger partial charge in [-0.25, -0.2) is 0 Å². The van der Waals surface area contributed by atoms with Gasteiger partial charge in [-0.05, 0) is 77.5 Å². The highest BCUT2D eigenvalue weighted by molar-refractivity contribution is 4.82. The van der Waals surface area contributed by atoms with Crippen LogP contribution in [-0.4, -0.2) is 75.5 Å². The van der Waals surface area contributed by atoms with Gasteiger partial charge in [-0.1, -0.05) is 0 Å². The maximum Gasteiger partial charge on any atom is 0.0596 e. The first kappa shape index (κ1) is 18.2. The fourth-order valence-corrected chi connectivity index (χ4v) is 3.93. The summed E-state index contributed by atoms with van der Waals surface area (Å²) in [5.41, 5.74) is 0. The SMILES string of the molecule is COCCN1CCC(C2CCN(CCOC(C)C)CC2)CC1. The number of hydrogen-bond acceptors (Lipinski definition) is 4. The molecule has 2 fully saturated rings. The lowest BCUT2D eigenvalue weighted by Gasteiger charge is -2.40. The van der Waals surface area contributed by atoms with Crippen LogP contribution < -0.4 is 0 Å². The van der Waals surface area contributed by atoms with Crippen LogP contribution in [0.1, 0.15) is 39.5 Å². The molecule has 0 spiro atoms. The first-order valence-corrected chi connectivity index (χ1v) is 9.24. The van der Waals surface area contributed by atoms with Gasteiger partial charge in [0.15, 0.2) is 0 Å². The van der Waals surface area contributed by atoms with Gasteiger partial charge in [0.2, 0.25) is 0 Å². The molecule has 0 unspecified atom stereocenters. The predicted octanol–water partition coefficient (Wildman–Crippen LogP) is 2.48. The van der Waals surface area contributed by atoms with Gasteiger partial charge in [0.25, 0.3) is 0 Å². The van der Waals surface area contributed by atoms with Gasteiger partial charge in [0.1, 0.15) is 0 Å². The van der Waals surface area contributed by atoms with E-state index in [0.717, 1.165) is 38.1 Å². The van der Waals surface area contributed by atoms with E-state index in [2.05, 4.69) is 23.6 Å². The molecule has 2 aliphatic rings. The van der Waals surface area contributed by atoms with E-state index in [0.29, 0.717) is 6.10 Å². The van der Waals surface area contributed by atoms with Crippen LogP contribution in [0.4, 0.5) is 0 Å². The lowest BCUT2D eigenvalue weighted by atomic mass is 9.79. The molecule has 2 aliphatic heterocycles. The van der Waals surface area contributed by atoms with Gasteiger partial charge in [-0.15, -0.1) is 0 Å². The normalized spacial score (nSPS) is 23.5. The molecule has 0 atom stereocenters. The van der Waals surface area contributed by atoms with Crippen molar-refractivity contribution in [1.29, 1.82) is 0 Å². The molecule has 2 rings (SSSR count). The van der Waals surface area contributed by atoms with Gasteiger partial charge >= 0.3 is 0 Å². The van der Waals surface area contributed by atoms with E-state index in [1.54, 1.807) is 7.11 Å². The van der Waals surface area contributed by atoms with Crippen molar-refractivity contribution in [2.75, 3.05) is 59.6 Å². The minimum atomic E-state index is 0.362. The van der Waals surface area contributed by atoms with E-state index < -0.39 is 0 Å². The first-order valence-electron chi connectivity index (χ1n) is 9.24. The van der Waals surface area contributed by atoms with Crippen LogP contribution in [0.25, 0.3) is 0 Å². The molecule has 0 aromatic rings. The summed E-state index contributed by atoms with van der Waals surface area (Å²) < 4.78 is 10.9. The Bertz CT molecular complexity index is 283. The number of piperidine rings is 2. The highest BCUT2D eigenvalue weighted by atomic mass is 16.5. The number of nitrogens with zero attached hydrogens (tertiary/aromatic N) is 2. The molecular weight excluding hydrogens is 276 g/mol. The lowest BCUT2D eigenvalue weighted by Crippen LogP contribution is -2.42. The van der Waals surface area contributed by atoms with Crippen molar-refractivity contribution in [3.8, 4) is 0 Å². The minimum absolute atomic E-state index is 0.362. The molecule has 2 heterocycles. The minimum Gasteiger partial charge on any atom is -0.383 e. The van der Waals surface area contributed by atoms with Gasteiger partial charge < -0.3 is 19.3 Å². The zero-order chi connectivity index (χ0) is 15.8. The number of rotatable bonds is 8. The molecule has 0 N–H and O–H groups in total. The molecule has 0 radical (unpaired) electrons. The molecule has 2 saturated heterocycles. The van der Waals surface area contributed by atoms with Crippen LogP contribution in [0, 0.1) is 11.8 Å². The number of hydrogen-bond donors (Lipinski definition) is 0. The Morgan fingerprint density at radius 2 is 1.27 bits per heavy atom. The van der Waals surface area contributed by atoms with E-state index >= 15 is 0 Å². The maximum absolute atomic E-state index is 5.67. The molecule has 22 heavy (non-hydrogen) atoms. The van der Waals surface area contributed by atoms with Gasteiger partial charge in [-0.3, -0.25) is 0 Å². The Balaban J connectivity index is 1.59. The van der Waals surface area contributed by atoms with E-state index in [-0.39, 0.29) is 0 Å². The predicted molar refractivity (Wildman–Crippen MR) is 91.3 cm³/mol. The Kier molecular flexibility index (Phi) is 8.15. The molecular formula is C18H36N2O2. The molecule has 0 aliphatic carbocycles. The topological polar surface area (TPSA) is 24.9 Å². The zero-order valence-electron chi connectivity index (χ0n) is 14.9. The molecule has 4 nitrogen and oxygen atoms in total. The Morgan fingerprint density at radius 1 is 0.818 bits per heavy atom. The molecule has 130 valence electrons. The molecule has 0 aromatic heterocycles. The van der Waals surface area contributed by atoms with E-state index in [9.17, 15) is 0 Å². The standard InChI is InChI=1S/C18H36N2O2/c1-16(2)22-15-13-20-10-6-18(7-11-20)17-4-8-19(9-5-17)12-14-21-3/h16-18H,4-15H2,1-3H3. The largest absolute Gasteiger partial charge is 0.383 e. The summed E-state index contributed by atoms with van der Waals surface area (Å²) in [4.78, 5) is 5.16. The van der Waals surface area contributed by atoms with Crippen molar-refractivity contribution in [1.82, 2.24) is 9.80 Å². The van der Waals surface area contributed by atoms with Crippen LogP contribution in [0.15, 0.2) is 0 Å². The fraction of sp³-hybridized carbons (Fsp3) is 1.00. The van der Waals surface area contributed by atoms with Crippen LogP contribution >= 0.6 is 0 Å². The van der Waals surface area contributed by atoms with Crippen molar-refractivity contribution < 1.29 is 9.47 Å². The third-order valence-corrected chi connectivity index (χ3v) is 5.40. The van der Waals surface area contributed by atoms with E-state index in [4.69, 9.17) is 9.47 Å². The highest BCUT2D eigenvalue weighted by Gasteiger charge is 2.29. The Hall–Kier alpha value is -0.160. The van der Waals surface area contributed by atoms with Crippen molar-refractivity contribution in [3.05, 3.63) is 0 Å². The van der Waals surface area contributed by atoms with Crippen molar-refractivity contribution >= 4 is 0 Å². The number of ether oxygens (including phenoxy) is 2. The zero-order valence-corrected chi connectivity index (χ0v) is 14.9. The monoisotopic (exact) mass is 312 g/mol. The van der Waals surface area contributed by atoms with E-state index in [1.165, 1.54) is 51.9 Å². The Labute approximate surface area is 137 Å². The summed E-state index contributed by atoms with van der Waals surface area (Å²) in [6, 6.07) is 0. The van der Waals surface area contributed by atoms with Crippen LogP contribution in [0.5, 0.6) is 0 Å². The van der Waals surface area contributed by atoms with Crippen LogP contribution in [0.2, 0.25) is 0 Å². The maximum atomic E-state index is 5.67. The molecule has 4 heteroatoms. The summed E-state index contributed by atoms with van der Waals surface area (Å²) in [7, 11) is 1.80. The summed E-state index contributed by atoms with van der Waals surface area (Å²) in [6.07, 6.45) is 5.94. The number of likely N-dealkylation sites (tertiary alicyclic amines) is 2. The second kappa shape index (κ2) is 9.86. The second-order valence-corrected chi connectivity index (χ2v) is 7.27. The summed E-state index contributed by atoms with van der Waals surface area (Å²) >= 11 is 0. The summed E-state index contributed by atoms with van der Waals surface area (Å²) in [5, 5.41) is 0. The third kappa shape index (κ3) is 6.15. The summed E-state index contributed by atoms with van der Waals surface area (Å²) in [6.45, 7) is 13.3. The van der Waals surface area contributed by atoms with Crippen molar-refractivity contribution in [2.45, 2.75) is 45.6 Å². The second-order valence-electron chi connectivity index (χ2n) is 7.27. The van der Waals surface area contributed by atoms with Crippen molar-refractivity contribution in [2.24, 2.45) is 11.8 Å². The molecule has 0 aromatic carbocycles.